The lowest BCUT2D eigenvalue weighted by Gasteiger charge is -2.41. The first-order valence-electron chi connectivity index (χ1n) is 10.4. The topological polar surface area (TPSA) is 72.4 Å². The molecule has 2 heterocycles. The molecule has 2 aromatic rings. The molecule has 0 aliphatic carbocycles. The fraction of sp³-hybridized carbons (Fsp3) is 0.478. The van der Waals surface area contributed by atoms with Crippen LogP contribution < -0.4 is 0 Å². The molecule has 6 heteroatoms. The van der Waals surface area contributed by atoms with Crippen LogP contribution in [0.2, 0.25) is 0 Å². The Hall–Kier alpha value is -2.76. The lowest BCUT2D eigenvalue weighted by atomic mass is 9.75. The van der Waals surface area contributed by atoms with Crippen molar-refractivity contribution in [1.29, 1.82) is 0 Å². The van der Waals surface area contributed by atoms with Gasteiger partial charge in [0.2, 0.25) is 5.91 Å². The molecule has 0 saturated carbocycles. The maximum atomic E-state index is 12.9. The minimum atomic E-state index is -0.633. The Kier molecular flexibility index (Phi) is 7.33. The van der Waals surface area contributed by atoms with Gasteiger partial charge in [-0.3, -0.25) is 19.6 Å². The zero-order valence-electron chi connectivity index (χ0n) is 17.0. The number of likely N-dealkylation sites (tertiary alicyclic amines) is 1. The van der Waals surface area contributed by atoms with Crippen LogP contribution in [0, 0.1) is 5.41 Å². The van der Waals surface area contributed by atoms with Gasteiger partial charge in [0.15, 0.2) is 0 Å². The number of esters is 1. The van der Waals surface area contributed by atoms with Gasteiger partial charge in [-0.2, -0.15) is 0 Å². The molecule has 1 unspecified atom stereocenters. The minimum absolute atomic E-state index is 0.0590. The highest BCUT2D eigenvalue weighted by Gasteiger charge is 2.44. The van der Waals surface area contributed by atoms with E-state index < -0.39 is 5.41 Å². The Morgan fingerprint density at radius 3 is 2.72 bits per heavy atom. The van der Waals surface area contributed by atoms with Gasteiger partial charge in [-0.25, -0.2) is 0 Å². The molecule has 3 rings (SSSR count). The van der Waals surface area contributed by atoms with Gasteiger partial charge in [-0.15, -0.1) is 0 Å². The van der Waals surface area contributed by atoms with E-state index in [1.165, 1.54) is 5.56 Å². The number of carbonyl (C=O) groups is 2. The summed E-state index contributed by atoms with van der Waals surface area (Å²) in [6, 6.07) is 10.2. The van der Waals surface area contributed by atoms with Crippen molar-refractivity contribution in [2.75, 3.05) is 19.7 Å². The fourth-order valence-electron chi connectivity index (χ4n) is 3.98. The highest BCUT2D eigenvalue weighted by atomic mass is 16.5. The summed E-state index contributed by atoms with van der Waals surface area (Å²) in [6.07, 6.45) is 8.91. The first kappa shape index (κ1) is 21.0. The molecule has 1 aliphatic rings. The number of rotatable bonds is 8. The molecule has 1 fully saturated rings. The van der Waals surface area contributed by atoms with Crippen LogP contribution in [-0.4, -0.2) is 46.4 Å². The van der Waals surface area contributed by atoms with Gasteiger partial charge >= 0.3 is 5.97 Å². The number of aromatic nitrogens is 2. The van der Waals surface area contributed by atoms with Gasteiger partial charge < -0.3 is 9.64 Å². The summed E-state index contributed by atoms with van der Waals surface area (Å²) in [7, 11) is 0. The quantitative estimate of drug-likeness (QED) is 0.642. The molecular weight excluding hydrogens is 366 g/mol. The van der Waals surface area contributed by atoms with E-state index in [4.69, 9.17) is 4.74 Å². The average Bonchev–Trinajstić information content (AvgIpc) is 2.78. The number of hydrogen-bond acceptors (Lipinski definition) is 5. The third-order valence-corrected chi connectivity index (χ3v) is 5.58. The van der Waals surface area contributed by atoms with Crippen molar-refractivity contribution in [2.24, 2.45) is 5.41 Å². The first-order valence-corrected chi connectivity index (χ1v) is 10.4. The molecule has 1 aliphatic heterocycles. The highest BCUT2D eigenvalue weighted by molar-refractivity contribution is 5.81. The predicted molar refractivity (Wildman–Crippen MR) is 110 cm³/mol. The standard InChI is InChI=1S/C23H29N3O3/c1-2-29-22(28)23(13-11-19-7-4-3-5-8-19)12-6-16-26(18-23)21(27)10-9-20-17-24-14-15-25-20/h3-5,7-8,14-15,17H,2,6,9-13,16,18H2,1H3. The smallest absolute Gasteiger partial charge is 0.313 e. The molecule has 0 bridgehead atoms. The summed E-state index contributed by atoms with van der Waals surface area (Å²) in [6.45, 7) is 3.30. The number of carbonyl (C=O) groups excluding carboxylic acids is 2. The molecular formula is C23H29N3O3. The van der Waals surface area contributed by atoms with Crippen molar-refractivity contribution in [3.63, 3.8) is 0 Å². The molecule has 1 amide bonds. The number of hydrogen-bond donors (Lipinski definition) is 0. The first-order chi connectivity index (χ1) is 14.1. The Labute approximate surface area is 172 Å². The SMILES string of the molecule is CCOC(=O)C1(CCc2ccccc2)CCCN(C(=O)CCc2cnccn2)C1. The molecule has 1 aromatic carbocycles. The number of aryl methyl sites for hydroxylation is 2. The average molecular weight is 396 g/mol. The monoisotopic (exact) mass is 395 g/mol. The molecule has 6 nitrogen and oxygen atoms in total. The van der Waals surface area contributed by atoms with Gasteiger partial charge in [-0.05, 0) is 44.6 Å². The molecule has 1 saturated heterocycles. The van der Waals surface area contributed by atoms with E-state index in [0.29, 0.717) is 39.0 Å². The van der Waals surface area contributed by atoms with Crippen LogP contribution in [-0.2, 0) is 27.2 Å². The van der Waals surface area contributed by atoms with E-state index in [1.807, 2.05) is 30.0 Å². The fourth-order valence-corrected chi connectivity index (χ4v) is 3.98. The molecule has 154 valence electrons. The predicted octanol–water partition coefficient (Wildman–Crippen LogP) is 3.21. The van der Waals surface area contributed by atoms with Crippen LogP contribution in [0.5, 0.6) is 0 Å². The van der Waals surface area contributed by atoms with Crippen molar-refractivity contribution < 1.29 is 14.3 Å². The van der Waals surface area contributed by atoms with E-state index in [-0.39, 0.29) is 11.9 Å². The second-order valence-electron chi connectivity index (χ2n) is 7.60. The Morgan fingerprint density at radius 1 is 1.17 bits per heavy atom. The van der Waals surface area contributed by atoms with Crippen molar-refractivity contribution in [2.45, 2.75) is 45.4 Å². The second-order valence-corrected chi connectivity index (χ2v) is 7.60. The molecule has 0 spiro atoms. The maximum absolute atomic E-state index is 12.9. The largest absolute Gasteiger partial charge is 0.466 e. The van der Waals surface area contributed by atoms with Gasteiger partial charge in [0.05, 0.1) is 17.7 Å². The summed E-state index contributed by atoms with van der Waals surface area (Å²) >= 11 is 0. The van der Waals surface area contributed by atoms with Gasteiger partial charge in [-0.1, -0.05) is 30.3 Å². The number of ether oxygens (including phenoxy) is 1. The third-order valence-electron chi connectivity index (χ3n) is 5.58. The molecule has 29 heavy (non-hydrogen) atoms. The van der Waals surface area contributed by atoms with Gasteiger partial charge in [0.1, 0.15) is 0 Å². The number of benzene rings is 1. The van der Waals surface area contributed by atoms with Crippen LogP contribution in [0.4, 0.5) is 0 Å². The third kappa shape index (κ3) is 5.62. The number of piperidine rings is 1. The molecule has 1 atom stereocenters. The van der Waals surface area contributed by atoms with Crippen molar-refractivity contribution in [3.05, 3.63) is 60.2 Å². The van der Waals surface area contributed by atoms with Gasteiger partial charge in [0.25, 0.3) is 0 Å². The lowest BCUT2D eigenvalue weighted by molar-refractivity contribution is -0.161. The van der Waals surface area contributed by atoms with Crippen molar-refractivity contribution >= 4 is 11.9 Å². The van der Waals surface area contributed by atoms with Crippen molar-refractivity contribution in [1.82, 2.24) is 14.9 Å². The number of amides is 1. The second kappa shape index (κ2) is 10.1. The van der Waals surface area contributed by atoms with Crippen LogP contribution >= 0.6 is 0 Å². The zero-order chi connectivity index (χ0) is 20.5. The minimum Gasteiger partial charge on any atom is -0.466 e. The van der Waals surface area contributed by atoms with Crippen molar-refractivity contribution in [3.8, 4) is 0 Å². The lowest BCUT2D eigenvalue weighted by Crippen LogP contribution is -2.50. The summed E-state index contributed by atoms with van der Waals surface area (Å²) in [5.41, 5.74) is 1.37. The van der Waals surface area contributed by atoms with Gasteiger partial charge in [0, 0.05) is 38.1 Å². The molecule has 1 aromatic heterocycles. The Morgan fingerprint density at radius 2 is 2.00 bits per heavy atom. The summed E-state index contributed by atoms with van der Waals surface area (Å²) in [5, 5.41) is 0. The molecule has 0 N–H and O–H groups in total. The highest BCUT2D eigenvalue weighted by Crippen LogP contribution is 2.36. The summed E-state index contributed by atoms with van der Waals surface area (Å²) in [5.74, 6) is -0.119. The van der Waals surface area contributed by atoms with Crippen LogP contribution in [0.25, 0.3) is 0 Å². The maximum Gasteiger partial charge on any atom is 0.313 e. The zero-order valence-corrected chi connectivity index (χ0v) is 17.0. The van der Waals surface area contributed by atoms with Crippen LogP contribution in [0.15, 0.2) is 48.9 Å². The summed E-state index contributed by atoms with van der Waals surface area (Å²) in [4.78, 5) is 35.9. The Bertz CT molecular complexity index is 798. The Balaban J connectivity index is 1.67. The van der Waals surface area contributed by atoms with Crippen LogP contribution in [0.3, 0.4) is 0 Å². The van der Waals surface area contributed by atoms with E-state index >= 15 is 0 Å². The van der Waals surface area contributed by atoms with E-state index in [0.717, 1.165) is 25.0 Å². The van der Waals surface area contributed by atoms with E-state index in [9.17, 15) is 9.59 Å². The molecule has 0 radical (unpaired) electrons. The summed E-state index contributed by atoms with van der Waals surface area (Å²) < 4.78 is 5.44. The van der Waals surface area contributed by atoms with E-state index in [1.54, 1.807) is 18.6 Å². The van der Waals surface area contributed by atoms with Crippen LogP contribution in [0.1, 0.15) is 43.9 Å². The normalized spacial score (nSPS) is 19.0. The van der Waals surface area contributed by atoms with E-state index in [2.05, 4.69) is 22.1 Å². The number of nitrogens with zero attached hydrogens (tertiary/aromatic N) is 3.